The molecule has 4 heterocycles. The molecule has 0 amide bonds. The largest absolute Gasteiger partial charge is 0.497 e. The number of likely N-dealkylation sites (tertiary alicyclic amines) is 2. The maximum atomic E-state index is 13.3. The van der Waals surface area contributed by atoms with E-state index in [9.17, 15) is 4.79 Å². The van der Waals surface area contributed by atoms with Gasteiger partial charge in [0.2, 0.25) is 0 Å². The van der Waals surface area contributed by atoms with Crippen molar-refractivity contribution in [2.24, 2.45) is 5.92 Å². The van der Waals surface area contributed by atoms with Gasteiger partial charge in [-0.15, -0.1) is 0 Å². The third kappa shape index (κ3) is 3.51. The smallest absolute Gasteiger partial charge is 0.258 e. The van der Waals surface area contributed by atoms with Gasteiger partial charge in [-0.1, -0.05) is 12.1 Å². The van der Waals surface area contributed by atoms with Gasteiger partial charge in [0.05, 0.1) is 7.11 Å². The summed E-state index contributed by atoms with van der Waals surface area (Å²) in [5, 5.41) is 0. The molecule has 0 unspecified atom stereocenters. The third-order valence-electron chi connectivity index (χ3n) is 7.24. The molecule has 2 saturated heterocycles. The second-order valence-corrected chi connectivity index (χ2v) is 9.10. The van der Waals surface area contributed by atoms with Crippen LogP contribution in [-0.2, 0) is 6.54 Å². The summed E-state index contributed by atoms with van der Waals surface area (Å²) in [6.07, 6.45) is 3.78. The Hall–Kier alpha value is -2.11. The first kappa shape index (κ1) is 18.9. The Kier molecular flexibility index (Phi) is 4.96. The lowest BCUT2D eigenvalue weighted by molar-refractivity contribution is 0.0517. The van der Waals surface area contributed by atoms with Gasteiger partial charge in [-0.3, -0.25) is 9.69 Å². The molecule has 2 fully saturated rings. The Balaban J connectivity index is 1.41. The molecular weight excluding hydrogens is 362 g/mol. The Morgan fingerprint density at radius 2 is 1.72 bits per heavy atom. The van der Waals surface area contributed by atoms with Gasteiger partial charge in [-0.05, 0) is 75.1 Å². The minimum atomic E-state index is 0.162. The lowest BCUT2D eigenvalue weighted by atomic mass is 9.81. The molecular formula is C24H31N3O2. The fourth-order valence-electron chi connectivity index (χ4n) is 5.63. The first-order valence-electron chi connectivity index (χ1n) is 10.9. The van der Waals surface area contributed by atoms with Gasteiger partial charge in [0, 0.05) is 42.9 Å². The van der Waals surface area contributed by atoms with Crippen LogP contribution in [0.5, 0.6) is 5.75 Å². The molecule has 3 aliphatic heterocycles. The zero-order chi connectivity index (χ0) is 20.0. The first-order chi connectivity index (χ1) is 14.1. The third-order valence-corrected chi connectivity index (χ3v) is 7.24. The summed E-state index contributed by atoms with van der Waals surface area (Å²) < 4.78 is 7.33. The highest BCUT2D eigenvalue weighted by Gasteiger charge is 2.37. The SMILES string of the molecule is COc1ccc(-c2ccc3n(c2=O)C[C@@H]2C[C@@H]3CN(C3CCN(C)CC3)C2)cc1. The van der Waals surface area contributed by atoms with Gasteiger partial charge in [0.25, 0.3) is 5.56 Å². The highest BCUT2D eigenvalue weighted by atomic mass is 16.5. The van der Waals surface area contributed by atoms with Crippen molar-refractivity contribution >= 4 is 0 Å². The molecule has 2 aromatic rings. The van der Waals surface area contributed by atoms with Crippen molar-refractivity contribution in [2.45, 2.75) is 37.8 Å². The van der Waals surface area contributed by atoms with Crippen molar-refractivity contribution < 1.29 is 4.74 Å². The lowest BCUT2D eigenvalue weighted by Gasteiger charge is -2.47. The monoisotopic (exact) mass is 393 g/mol. The van der Waals surface area contributed by atoms with Gasteiger partial charge in [-0.25, -0.2) is 0 Å². The number of nitrogens with zero attached hydrogens (tertiary/aromatic N) is 3. The molecule has 2 bridgehead atoms. The van der Waals surface area contributed by atoms with E-state index in [1.54, 1.807) is 7.11 Å². The number of ether oxygens (including phenoxy) is 1. The number of hydrogen-bond acceptors (Lipinski definition) is 4. The van der Waals surface area contributed by atoms with Crippen LogP contribution in [-0.4, -0.2) is 60.7 Å². The van der Waals surface area contributed by atoms with E-state index in [0.717, 1.165) is 36.5 Å². The molecule has 29 heavy (non-hydrogen) atoms. The predicted molar refractivity (Wildman–Crippen MR) is 116 cm³/mol. The van der Waals surface area contributed by atoms with Gasteiger partial charge in [-0.2, -0.15) is 0 Å². The molecule has 0 saturated carbocycles. The normalized spacial score (nSPS) is 25.6. The molecule has 5 heteroatoms. The molecule has 3 aliphatic rings. The van der Waals surface area contributed by atoms with E-state index in [0.29, 0.717) is 17.9 Å². The molecule has 0 radical (unpaired) electrons. The quantitative estimate of drug-likeness (QED) is 0.803. The molecule has 0 spiro atoms. The van der Waals surface area contributed by atoms with Crippen LogP contribution in [0.4, 0.5) is 0 Å². The standard InChI is InChI=1S/C24H31N3O2/c1-25-11-9-20(10-12-25)26-14-17-13-19(16-26)23-8-7-22(24(28)27(23)15-17)18-3-5-21(29-2)6-4-18/h3-8,17,19-20H,9-16H2,1-2H3/t17-,19-/m1/s1. The molecule has 2 atom stereocenters. The number of methoxy groups -OCH3 is 1. The van der Waals surface area contributed by atoms with Crippen LogP contribution in [0.25, 0.3) is 11.1 Å². The van der Waals surface area contributed by atoms with Gasteiger partial charge in [0.1, 0.15) is 5.75 Å². The summed E-state index contributed by atoms with van der Waals surface area (Å²) in [6.45, 7) is 5.52. The molecule has 1 aromatic carbocycles. The van der Waals surface area contributed by atoms with Crippen LogP contribution >= 0.6 is 0 Å². The van der Waals surface area contributed by atoms with E-state index in [2.05, 4.69) is 27.5 Å². The summed E-state index contributed by atoms with van der Waals surface area (Å²) in [6, 6.07) is 12.8. The number of aromatic nitrogens is 1. The molecule has 5 rings (SSSR count). The Bertz CT molecular complexity index is 928. The van der Waals surface area contributed by atoms with Crippen molar-refractivity contribution in [1.82, 2.24) is 14.4 Å². The van der Waals surface area contributed by atoms with Crippen LogP contribution in [0, 0.1) is 5.92 Å². The van der Waals surface area contributed by atoms with E-state index < -0.39 is 0 Å². The van der Waals surface area contributed by atoms with Crippen LogP contribution in [0.15, 0.2) is 41.2 Å². The summed E-state index contributed by atoms with van der Waals surface area (Å²) in [7, 11) is 3.89. The van der Waals surface area contributed by atoms with E-state index in [1.165, 1.54) is 38.0 Å². The number of rotatable bonds is 3. The summed E-state index contributed by atoms with van der Waals surface area (Å²) in [5.74, 6) is 1.89. The fourth-order valence-corrected chi connectivity index (χ4v) is 5.63. The number of hydrogen-bond donors (Lipinski definition) is 0. The zero-order valence-electron chi connectivity index (χ0n) is 17.5. The van der Waals surface area contributed by atoms with E-state index in [4.69, 9.17) is 4.74 Å². The van der Waals surface area contributed by atoms with Crippen LogP contribution < -0.4 is 10.3 Å². The highest BCUT2D eigenvalue weighted by Crippen LogP contribution is 2.37. The van der Waals surface area contributed by atoms with Crippen LogP contribution in [0.2, 0.25) is 0 Å². The molecule has 1 aromatic heterocycles. The van der Waals surface area contributed by atoms with Crippen molar-refractivity contribution in [3.8, 4) is 16.9 Å². The van der Waals surface area contributed by atoms with Crippen molar-refractivity contribution in [3.63, 3.8) is 0 Å². The first-order valence-corrected chi connectivity index (χ1v) is 10.9. The minimum Gasteiger partial charge on any atom is -0.497 e. The number of benzene rings is 1. The molecule has 154 valence electrons. The Morgan fingerprint density at radius 3 is 2.45 bits per heavy atom. The average molecular weight is 394 g/mol. The maximum absolute atomic E-state index is 13.3. The van der Waals surface area contributed by atoms with Crippen LogP contribution in [0.3, 0.4) is 0 Å². The number of piperidine rings is 2. The average Bonchev–Trinajstić information content (AvgIpc) is 2.75. The van der Waals surface area contributed by atoms with Crippen LogP contribution in [0.1, 0.15) is 30.9 Å². The van der Waals surface area contributed by atoms with E-state index in [-0.39, 0.29) is 5.56 Å². The second-order valence-electron chi connectivity index (χ2n) is 9.10. The second kappa shape index (κ2) is 7.62. The maximum Gasteiger partial charge on any atom is 0.258 e. The molecule has 0 aliphatic carbocycles. The van der Waals surface area contributed by atoms with E-state index >= 15 is 0 Å². The van der Waals surface area contributed by atoms with Crippen molar-refractivity contribution in [1.29, 1.82) is 0 Å². The van der Waals surface area contributed by atoms with Gasteiger partial charge >= 0.3 is 0 Å². The van der Waals surface area contributed by atoms with Gasteiger partial charge < -0.3 is 14.2 Å². The van der Waals surface area contributed by atoms with E-state index in [1.807, 2.05) is 30.3 Å². The predicted octanol–water partition coefficient (Wildman–Crippen LogP) is 3.04. The molecule has 5 nitrogen and oxygen atoms in total. The topological polar surface area (TPSA) is 37.7 Å². The minimum absolute atomic E-state index is 0.162. The summed E-state index contributed by atoms with van der Waals surface area (Å²) in [5.41, 5.74) is 3.16. The number of fused-ring (bicyclic) bond motifs is 4. The Morgan fingerprint density at radius 1 is 0.966 bits per heavy atom. The van der Waals surface area contributed by atoms with Crippen molar-refractivity contribution in [3.05, 3.63) is 52.4 Å². The lowest BCUT2D eigenvalue weighted by Crippen LogP contribution is -2.53. The summed E-state index contributed by atoms with van der Waals surface area (Å²) >= 11 is 0. The fraction of sp³-hybridized carbons (Fsp3) is 0.542. The highest BCUT2D eigenvalue weighted by molar-refractivity contribution is 5.63. The zero-order valence-corrected chi connectivity index (χ0v) is 17.5. The Labute approximate surface area is 172 Å². The van der Waals surface area contributed by atoms with Crippen molar-refractivity contribution in [2.75, 3.05) is 40.3 Å². The molecule has 0 N–H and O–H groups in total. The van der Waals surface area contributed by atoms with Gasteiger partial charge in [0.15, 0.2) is 0 Å². The summed E-state index contributed by atoms with van der Waals surface area (Å²) in [4.78, 5) is 18.5. The number of pyridine rings is 1.